The Bertz CT molecular complexity index is 623. The Morgan fingerprint density at radius 3 is 2.75 bits per heavy atom. The quantitative estimate of drug-likeness (QED) is 0.799. The van der Waals surface area contributed by atoms with Crippen LogP contribution in [0.3, 0.4) is 0 Å². The number of nitrogens with one attached hydrogen (secondary N) is 1. The lowest BCUT2D eigenvalue weighted by molar-refractivity contribution is 0.732. The summed E-state index contributed by atoms with van der Waals surface area (Å²) in [5.74, 6) is 0.180. The van der Waals surface area contributed by atoms with E-state index in [2.05, 4.69) is 4.98 Å². The summed E-state index contributed by atoms with van der Waals surface area (Å²) in [6, 6.07) is 1.21. The zero-order chi connectivity index (χ0) is 11.7. The maximum atomic E-state index is 11.5. The van der Waals surface area contributed by atoms with Crippen LogP contribution in [0.4, 0.5) is 5.82 Å². The number of anilines is 1. The van der Waals surface area contributed by atoms with Crippen LogP contribution in [0, 0.1) is 6.92 Å². The molecule has 6 heteroatoms. The summed E-state index contributed by atoms with van der Waals surface area (Å²) in [4.78, 5) is 24.7. The third-order valence-electron chi connectivity index (χ3n) is 2.36. The van der Waals surface area contributed by atoms with Gasteiger partial charge in [0.2, 0.25) is 0 Å². The van der Waals surface area contributed by atoms with E-state index in [0.717, 1.165) is 11.1 Å². The zero-order valence-corrected chi connectivity index (χ0v) is 9.50. The lowest BCUT2D eigenvalue weighted by Crippen LogP contribution is -2.31. The molecule has 0 atom stereocenters. The molecule has 16 heavy (non-hydrogen) atoms. The van der Waals surface area contributed by atoms with Crippen molar-refractivity contribution in [3.8, 4) is 0 Å². The second kappa shape index (κ2) is 3.97. The van der Waals surface area contributed by atoms with Crippen LogP contribution in [0.1, 0.15) is 11.1 Å². The summed E-state index contributed by atoms with van der Waals surface area (Å²) < 4.78 is 1.34. The minimum atomic E-state index is -0.476. The largest absolute Gasteiger partial charge is 0.385 e. The van der Waals surface area contributed by atoms with E-state index < -0.39 is 11.2 Å². The molecular weight excluding hydrogens is 226 g/mol. The van der Waals surface area contributed by atoms with Gasteiger partial charge in [0.25, 0.3) is 5.56 Å². The van der Waals surface area contributed by atoms with Gasteiger partial charge in [-0.1, -0.05) is 0 Å². The standard InChI is InChI=1S/C10H11N3O2S/c1-6-4-16-5-7(6)3-13-8(11)2-9(14)12-10(13)15/h2,4-5H,3,11H2,1H3,(H,12,14,15). The highest BCUT2D eigenvalue weighted by Crippen LogP contribution is 2.14. The molecule has 0 saturated heterocycles. The van der Waals surface area contributed by atoms with E-state index in [4.69, 9.17) is 5.73 Å². The average Bonchev–Trinajstić information content (AvgIpc) is 2.57. The molecule has 2 heterocycles. The monoisotopic (exact) mass is 237 g/mol. The number of nitrogens with two attached hydrogens (primary N) is 1. The van der Waals surface area contributed by atoms with E-state index in [1.807, 2.05) is 17.7 Å². The first-order chi connectivity index (χ1) is 7.58. The Balaban J connectivity index is 2.47. The molecule has 0 spiro atoms. The molecule has 0 fully saturated rings. The number of aromatic nitrogens is 2. The first-order valence-corrected chi connectivity index (χ1v) is 5.63. The van der Waals surface area contributed by atoms with Crippen LogP contribution in [0.15, 0.2) is 26.4 Å². The van der Waals surface area contributed by atoms with Crippen molar-refractivity contribution < 1.29 is 0 Å². The van der Waals surface area contributed by atoms with E-state index in [1.165, 1.54) is 10.6 Å². The topological polar surface area (TPSA) is 80.9 Å². The fourth-order valence-corrected chi connectivity index (χ4v) is 2.27. The predicted octanol–water partition coefficient (Wildman–Crippen LogP) is 0.537. The number of rotatable bonds is 2. The Morgan fingerprint density at radius 2 is 2.19 bits per heavy atom. The van der Waals surface area contributed by atoms with Crippen molar-refractivity contribution in [3.63, 3.8) is 0 Å². The van der Waals surface area contributed by atoms with Crippen molar-refractivity contribution in [1.29, 1.82) is 0 Å². The number of aryl methyl sites for hydroxylation is 1. The van der Waals surface area contributed by atoms with Gasteiger partial charge in [-0.2, -0.15) is 11.3 Å². The Morgan fingerprint density at radius 1 is 1.44 bits per heavy atom. The highest BCUT2D eigenvalue weighted by molar-refractivity contribution is 7.08. The van der Waals surface area contributed by atoms with E-state index in [0.29, 0.717) is 6.54 Å². The first kappa shape index (κ1) is 10.7. The normalized spacial score (nSPS) is 10.6. The smallest absolute Gasteiger partial charge is 0.330 e. The van der Waals surface area contributed by atoms with Crippen molar-refractivity contribution in [2.75, 3.05) is 5.73 Å². The molecule has 0 saturated carbocycles. The van der Waals surface area contributed by atoms with Gasteiger partial charge in [0, 0.05) is 6.07 Å². The summed E-state index contributed by atoms with van der Waals surface area (Å²) in [5.41, 5.74) is 6.83. The van der Waals surface area contributed by atoms with Crippen molar-refractivity contribution in [3.05, 3.63) is 48.8 Å². The van der Waals surface area contributed by atoms with Crippen molar-refractivity contribution in [1.82, 2.24) is 9.55 Å². The summed E-state index contributed by atoms with van der Waals surface area (Å²) in [7, 11) is 0. The fraction of sp³-hybridized carbons (Fsp3) is 0.200. The Labute approximate surface area is 95.2 Å². The average molecular weight is 237 g/mol. The molecule has 84 valence electrons. The molecule has 0 bridgehead atoms. The van der Waals surface area contributed by atoms with E-state index >= 15 is 0 Å². The van der Waals surface area contributed by atoms with Gasteiger partial charge in [-0.05, 0) is 28.8 Å². The van der Waals surface area contributed by atoms with E-state index in [-0.39, 0.29) is 5.82 Å². The number of hydrogen-bond acceptors (Lipinski definition) is 4. The number of nitrogen functional groups attached to an aromatic ring is 1. The molecule has 0 aliphatic rings. The molecule has 5 nitrogen and oxygen atoms in total. The molecule has 0 unspecified atom stereocenters. The van der Waals surface area contributed by atoms with Gasteiger partial charge < -0.3 is 5.73 Å². The lowest BCUT2D eigenvalue weighted by atomic mass is 10.2. The van der Waals surface area contributed by atoms with Crippen LogP contribution in [0.2, 0.25) is 0 Å². The van der Waals surface area contributed by atoms with Crippen LogP contribution in [-0.2, 0) is 6.54 Å². The molecule has 0 aliphatic heterocycles. The zero-order valence-electron chi connectivity index (χ0n) is 8.69. The number of hydrogen-bond donors (Lipinski definition) is 2. The highest BCUT2D eigenvalue weighted by atomic mass is 32.1. The van der Waals surface area contributed by atoms with Crippen LogP contribution >= 0.6 is 11.3 Å². The first-order valence-electron chi connectivity index (χ1n) is 4.69. The van der Waals surface area contributed by atoms with Crippen LogP contribution in [0.25, 0.3) is 0 Å². The molecule has 2 aromatic rings. The maximum Gasteiger partial charge on any atom is 0.330 e. The molecular formula is C10H11N3O2S. The number of aromatic amines is 1. The molecule has 0 amide bonds. The summed E-state index contributed by atoms with van der Waals surface area (Å²) in [6.07, 6.45) is 0. The minimum Gasteiger partial charge on any atom is -0.385 e. The van der Waals surface area contributed by atoms with Gasteiger partial charge in [-0.25, -0.2) is 4.79 Å². The molecule has 3 N–H and O–H groups in total. The van der Waals surface area contributed by atoms with Crippen molar-refractivity contribution in [2.45, 2.75) is 13.5 Å². The van der Waals surface area contributed by atoms with Crippen molar-refractivity contribution >= 4 is 17.2 Å². The number of nitrogens with zero attached hydrogens (tertiary/aromatic N) is 1. The van der Waals surface area contributed by atoms with Crippen LogP contribution in [0.5, 0.6) is 0 Å². The molecule has 0 aromatic carbocycles. The second-order valence-electron chi connectivity index (χ2n) is 3.53. The second-order valence-corrected chi connectivity index (χ2v) is 4.27. The Kier molecular flexibility index (Phi) is 2.66. The van der Waals surface area contributed by atoms with Gasteiger partial charge in [0.15, 0.2) is 0 Å². The van der Waals surface area contributed by atoms with E-state index in [9.17, 15) is 9.59 Å². The summed E-state index contributed by atoms with van der Waals surface area (Å²) in [5, 5.41) is 3.97. The third kappa shape index (κ3) is 1.92. The Hall–Kier alpha value is -1.82. The predicted molar refractivity (Wildman–Crippen MR) is 63.9 cm³/mol. The number of thiophene rings is 1. The van der Waals surface area contributed by atoms with Gasteiger partial charge in [0.1, 0.15) is 5.82 Å². The maximum absolute atomic E-state index is 11.5. The molecule has 2 rings (SSSR count). The van der Waals surface area contributed by atoms with Gasteiger partial charge in [0.05, 0.1) is 6.54 Å². The van der Waals surface area contributed by atoms with Gasteiger partial charge >= 0.3 is 5.69 Å². The van der Waals surface area contributed by atoms with Crippen LogP contribution < -0.4 is 17.0 Å². The van der Waals surface area contributed by atoms with E-state index in [1.54, 1.807) is 11.3 Å². The molecule has 0 aliphatic carbocycles. The van der Waals surface area contributed by atoms with Gasteiger partial charge in [-0.3, -0.25) is 14.3 Å². The summed E-state index contributed by atoms with van der Waals surface area (Å²) in [6.45, 7) is 2.36. The number of H-pyrrole nitrogens is 1. The summed E-state index contributed by atoms with van der Waals surface area (Å²) >= 11 is 1.57. The molecule has 2 aromatic heterocycles. The minimum absolute atomic E-state index is 0.180. The third-order valence-corrected chi connectivity index (χ3v) is 3.27. The highest BCUT2D eigenvalue weighted by Gasteiger charge is 2.06. The van der Waals surface area contributed by atoms with Crippen molar-refractivity contribution in [2.24, 2.45) is 0 Å². The van der Waals surface area contributed by atoms with Crippen LogP contribution in [-0.4, -0.2) is 9.55 Å². The lowest BCUT2D eigenvalue weighted by Gasteiger charge is -2.07. The molecule has 0 radical (unpaired) electrons. The fourth-order valence-electron chi connectivity index (χ4n) is 1.42. The SMILES string of the molecule is Cc1cscc1Cn1c(N)cc(=O)[nH]c1=O. The van der Waals surface area contributed by atoms with Gasteiger partial charge in [-0.15, -0.1) is 0 Å².